The van der Waals surface area contributed by atoms with Crippen LogP contribution < -0.4 is 0 Å². The fraction of sp³-hybridized carbons (Fsp3) is 0.154. The van der Waals surface area contributed by atoms with Crippen LogP contribution in [0.15, 0.2) is 41.0 Å². The molecule has 92 valence electrons. The number of aromatic nitrogens is 3. The molecule has 0 atom stereocenters. The normalized spacial score (nSPS) is 12.2. The Morgan fingerprint density at radius 1 is 1.39 bits per heavy atom. The lowest BCUT2D eigenvalue weighted by atomic mass is 10.1. The monoisotopic (exact) mass is 258 g/mol. The van der Waals surface area contributed by atoms with Gasteiger partial charge in [0, 0.05) is 0 Å². The molecular formula is C13H14N4S. The lowest BCUT2D eigenvalue weighted by molar-refractivity contribution is 0.820. The minimum Gasteiger partial charge on any atom is -0.250 e. The molecule has 0 aliphatic rings. The molecule has 2 aromatic rings. The molecule has 0 saturated carbocycles. The van der Waals surface area contributed by atoms with Crippen molar-refractivity contribution in [1.29, 1.82) is 0 Å². The van der Waals surface area contributed by atoms with Gasteiger partial charge in [-0.05, 0) is 37.2 Å². The standard InChI is InChI=1S/C13H14N4S/c1-10(8-12-6-4-3-5-7-12)9-14-17-11(2)15-16-13(17)18/h3-9H,1-2H3,(H,16,18)/b10-8?,14-9-. The van der Waals surface area contributed by atoms with E-state index in [-0.39, 0.29) is 0 Å². The van der Waals surface area contributed by atoms with Crippen LogP contribution in [-0.2, 0) is 0 Å². The van der Waals surface area contributed by atoms with E-state index in [2.05, 4.69) is 21.4 Å². The van der Waals surface area contributed by atoms with E-state index in [1.165, 1.54) is 0 Å². The summed E-state index contributed by atoms with van der Waals surface area (Å²) in [5.74, 6) is 0.740. The fourth-order valence-electron chi connectivity index (χ4n) is 1.50. The summed E-state index contributed by atoms with van der Waals surface area (Å²) < 4.78 is 2.09. The number of aryl methyl sites for hydroxylation is 1. The maximum absolute atomic E-state index is 5.07. The zero-order valence-corrected chi connectivity index (χ0v) is 11.1. The van der Waals surface area contributed by atoms with Gasteiger partial charge in [-0.3, -0.25) is 5.10 Å². The SMILES string of the molecule is CC(=Cc1ccccc1)/C=N\n1c(C)n[nH]c1=S. The van der Waals surface area contributed by atoms with Crippen LogP contribution in [0.1, 0.15) is 18.3 Å². The second kappa shape index (κ2) is 5.55. The molecule has 1 N–H and O–H groups in total. The van der Waals surface area contributed by atoms with Crippen LogP contribution in [-0.4, -0.2) is 21.1 Å². The average Bonchev–Trinajstić information content (AvgIpc) is 2.68. The van der Waals surface area contributed by atoms with Gasteiger partial charge in [0.05, 0.1) is 6.21 Å². The van der Waals surface area contributed by atoms with E-state index in [0.29, 0.717) is 4.77 Å². The highest BCUT2D eigenvalue weighted by Gasteiger charge is 1.96. The summed E-state index contributed by atoms with van der Waals surface area (Å²) in [5, 5.41) is 11.0. The fourth-order valence-corrected chi connectivity index (χ4v) is 1.73. The molecule has 1 aromatic heterocycles. The first-order valence-corrected chi connectivity index (χ1v) is 5.99. The van der Waals surface area contributed by atoms with Gasteiger partial charge >= 0.3 is 0 Å². The Morgan fingerprint density at radius 2 is 2.11 bits per heavy atom. The Kier molecular flexibility index (Phi) is 3.84. The van der Waals surface area contributed by atoms with Crippen LogP contribution in [0.2, 0.25) is 0 Å². The van der Waals surface area contributed by atoms with Crippen LogP contribution in [0.4, 0.5) is 0 Å². The van der Waals surface area contributed by atoms with Crippen molar-refractivity contribution in [1.82, 2.24) is 14.9 Å². The minimum absolute atomic E-state index is 0.497. The largest absolute Gasteiger partial charge is 0.250 e. The zero-order valence-electron chi connectivity index (χ0n) is 10.3. The number of rotatable bonds is 3. The molecule has 0 aliphatic carbocycles. The van der Waals surface area contributed by atoms with E-state index in [0.717, 1.165) is 17.0 Å². The van der Waals surface area contributed by atoms with Crippen molar-refractivity contribution in [3.05, 3.63) is 52.1 Å². The summed E-state index contributed by atoms with van der Waals surface area (Å²) >= 11 is 5.07. The number of allylic oxidation sites excluding steroid dienone is 1. The highest BCUT2D eigenvalue weighted by molar-refractivity contribution is 7.71. The van der Waals surface area contributed by atoms with Crippen LogP contribution in [0.3, 0.4) is 0 Å². The molecule has 2 rings (SSSR count). The Morgan fingerprint density at radius 3 is 2.72 bits per heavy atom. The van der Waals surface area contributed by atoms with Crippen molar-refractivity contribution in [2.75, 3.05) is 0 Å². The molecule has 0 unspecified atom stereocenters. The summed E-state index contributed by atoms with van der Waals surface area (Å²) in [4.78, 5) is 0. The van der Waals surface area contributed by atoms with E-state index < -0.39 is 0 Å². The Hall–Kier alpha value is -2.01. The van der Waals surface area contributed by atoms with Crippen LogP contribution in [0.25, 0.3) is 6.08 Å². The minimum atomic E-state index is 0.497. The number of nitrogens with zero attached hydrogens (tertiary/aromatic N) is 3. The van der Waals surface area contributed by atoms with Crippen LogP contribution in [0.5, 0.6) is 0 Å². The summed E-state index contributed by atoms with van der Waals surface area (Å²) in [6.45, 7) is 3.84. The average molecular weight is 258 g/mol. The third-order valence-electron chi connectivity index (χ3n) is 2.38. The van der Waals surface area contributed by atoms with Crippen molar-refractivity contribution in [3.63, 3.8) is 0 Å². The lowest BCUT2D eigenvalue weighted by Crippen LogP contribution is -1.93. The maximum atomic E-state index is 5.07. The molecule has 4 nitrogen and oxygen atoms in total. The molecule has 0 aliphatic heterocycles. The molecule has 0 fully saturated rings. The van der Waals surface area contributed by atoms with E-state index >= 15 is 0 Å². The first-order valence-electron chi connectivity index (χ1n) is 5.58. The molecule has 18 heavy (non-hydrogen) atoms. The molecule has 0 spiro atoms. The molecule has 0 saturated heterocycles. The van der Waals surface area contributed by atoms with Crippen molar-refractivity contribution >= 4 is 24.5 Å². The van der Waals surface area contributed by atoms with Gasteiger partial charge in [-0.2, -0.15) is 14.9 Å². The number of hydrogen-bond acceptors (Lipinski definition) is 3. The molecule has 0 bridgehead atoms. The van der Waals surface area contributed by atoms with Gasteiger partial charge in [-0.25, -0.2) is 0 Å². The first-order chi connectivity index (χ1) is 8.66. The second-order valence-electron chi connectivity index (χ2n) is 3.93. The number of nitrogens with one attached hydrogen (secondary N) is 1. The topological polar surface area (TPSA) is 46.0 Å². The lowest BCUT2D eigenvalue weighted by Gasteiger charge is -1.96. The Labute approximate surface area is 111 Å². The molecule has 1 heterocycles. The highest BCUT2D eigenvalue weighted by Crippen LogP contribution is 2.05. The van der Waals surface area contributed by atoms with Gasteiger partial charge in [0.2, 0.25) is 4.77 Å². The van der Waals surface area contributed by atoms with E-state index in [9.17, 15) is 0 Å². The summed E-state index contributed by atoms with van der Waals surface area (Å²) in [5.41, 5.74) is 2.19. The molecule has 5 heteroatoms. The summed E-state index contributed by atoms with van der Waals surface area (Å²) in [6, 6.07) is 10.1. The van der Waals surface area contributed by atoms with Crippen molar-refractivity contribution in [2.24, 2.45) is 5.10 Å². The van der Waals surface area contributed by atoms with Gasteiger partial charge in [0.1, 0.15) is 5.82 Å². The van der Waals surface area contributed by atoms with Gasteiger partial charge in [-0.1, -0.05) is 36.4 Å². The van der Waals surface area contributed by atoms with Crippen molar-refractivity contribution in [2.45, 2.75) is 13.8 Å². The Bertz CT molecular complexity index is 635. The van der Waals surface area contributed by atoms with E-state index in [1.807, 2.05) is 44.2 Å². The van der Waals surface area contributed by atoms with Crippen molar-refractivity contribution in [3.8, 4) is 0 Å². The smallest absolute Gasteiger partial charge is 0.216 e. The first kappa shape index (κ1) is 12.4. The number of aromatic amines is 1. The summed E-state index contributed by atoms with van der Waals surface area (Å²) in [6.07, 6.45) is 3.83. The molecular weight excluding hydrogens is 244 g/mol. The van der Waals surface area contributed by atoms with E-state index in [4.69, 9.17) is 12.2 Å². The van der Waals surface area contributed by atoms with Gasteiger partial charge in [0.15, 0.2) is 0 Å². The Balaban J connectivity index is 2.20. The van der Waals surface area contributed by atoms with Gasteiger partial charge in [-0.15, -0.1) is 0 Å². The second-order valence-corrected chi connectivity index (χ2v) is 4.32. The third kappa shape index (κ3) is 3.01. The van der Waals surface area contributed by atoms with Gasteiger partial charge < -0.3 is 0 Å². The van der Waals surface area contributed by atoms with Crippen LogP contribution in [0, 0.1) is 11.7 Å². The predicted molar refractivity (Wildman–Crippen MR) is 76.1 cm³/mol. The van der Waals surface area contributed by atoms with E-state index in [1.54, 1.807) is 10.9 Å². The number of H-pyrrole nitrogens is 1. The highest BCUT2D eigenvalue weighted by atomic mass is 32.1. The number of hydrogen-bond donors (Lipinski definition) is 1. The molecule has 0 amide bonds. The van der Waals surface area contributed by atoms with Gasteiger partial charge in [0.25, 0.3) is 0 Å². The van der Waals surface area contributed by atoms with Crippen molar-refractivity contribution < 1.29 is 0 Å². The maximum Gasteiger partial charge on any atom is 0.216 e. The quantitative estimate of drug-likeness (QED) is 0.679. The summed E-state index contributed by atoms with van der Waals surface area (Å²) in [7, 11) is 0. The predicted octanol–water partition coefficient (Wildman–Crippen LogP) is 3.19. The molecule has 0 radical (unpaired) electrons. The number of benzene rings is 1. The zero-order chi connectivity index (χ0) is 13.0. The third-order valence-corrected chi connectivity index (χ3v) is 2.65. The van der Waals surface area contributed by atoms with Crippen LogP contribution >= 0.6 is 12.2 Å². The molecule has 1 aromatic carbocycles.